The minimum absolute atomic E-state index is 0.0430. The van der Waals surface area contributed by atoms with E-state index in [4.69, 9.17) is 16.3 Å². The van der Waals surface area contributed by atoms with Gasteiger partial charge in [-0.3, -0.25) is 14.5 Å². The first-order valence-electron chi connectivity index (χ1n) is 8.38. The van der Waals surface area contributed by atoms with Crippen molar-refractivity contribution in [3.05, 3.63) is 53.1 Å². The number of methoxy groups -OCH3 is 1. The number of carbonyl (C=O) groups excluding carboxylic acids is 2. The largest absolute Gasteiger partial charge is 0.495 e. The molecule has 0 saturated heterocycles. The number of halogens is 4. The minimum atomic E-state index is -4.63. The van der Waals surface area contributed by atoms with Crippen molar-refractivity contribution in [2.45, 2.75) is 6.18 Å². The van der Waals surface area contributed by atoms with Gasteiger partial charge in [-0.1, -0.05) is 23.7 Å². The lowest BCUT2D eigenvalue weighted by atomic mass is 10.2. The van der Waals surface area contributed by atoms with E-state index in [0.29, 0.717) is 11.4 Å². The molecule has 2 rings (SSSR count). The Bertz CT molecular complexity index is 890. The third kappa shape index (κ3) is 6.65. The van der Waals surface area contributed by atoms with E-state index in [0.717, 1.165) is 12.1 Å². The number of nitrogens with one attached hydrogen (secondary N) is 2. The summed E-state index contributed by atoms with van der Waals surface area (Å²) in [5.74, 6) is -0.465. The standard InChI is InChI=1S/C19H19ClF3N3O3/c1-26(11-18(28)25-15-5-3-4-6-16(15)29-2)10-17(27)24-12-7-8-14(20)13(9-12)19(21,22)23/h3-9H,10-11H2,1-2H3,(H,24,27)(H,25,28). The smallest absolute Gasteiger partial charge is 0.417 e. The van der Waals surface area contributed by atoms with Crippen LogP contribution in [0.1, 0.15) is 5.56 Å². The summed E-state index contributed by atoms with van der Waals surface area (Å²) < 4.78 is 43.8. The summed E-state index contributed by atoms with van der Waals surface area (Å²) in [5, 5.41) is 4.57. The van der Waals surface area contributed by atoms with Crippen LogP contribution in [0.2, 0.25) is 5.02 Å². The van der Waals surface area contributed by atoms with E-state index in [9.17, 15) is 22.8 Å². The third-order valence-corrected chi connectivity index (χ3v) is 4.09. The highest BCUT2D eigenvalue weighted by molar-refractivity contribution is 6.31. The van der Waals surface area contributed by atoms with Crippen LogP contribution in [-0.4, -0.2) is 44.0 Å². The maximum absolute atomic E-state index is 12.9. The lowest BCUT2D eigenvalue weighted by Crippen LogP contribution is -2.36. The predicted octanol–water partition coefficient (Wildman–Crippen LogP) is 3.88. The van der Waals surface area contributed by atoms with E-state index in [1.165, 1.54) is 25.1 Å². The molecule has 0 aliphatic heterocycles. The highest BCUT2D eigenvalue weighted by atomic mass is 35.5. The average Bonchev–Trinajstić information content (AvgIpc) is 2.62. The second kappa shape index (κ2) is 9.62. The second-order valence-electron chi connectivity index (χ2n) is 6.16. The summed E-state index contributed by atoms with van der Waals surface area (Å²) in [6.45, 7) is -0.316. The number of alkyl halides is 3. The van der Waals surface area contributed by atoms with Gasteiger partial charge in [0.1, 0.15) is 5.75 Å². The summed E-state index contributed by atoms with van der Waals surface area (Å²) >= 11 is 5.55. The first kappa shape index (κ1) is 22.5. The molecule has 29 heavy (non-hydrogen) atoms. The van der Waals surface area contributed by atoms with Gasteiger partial charge in [0.25, 0.3) is 0 Å². The maximum atomic E-state index is 12.9. The highest BCUT2D eigenvalue weighted by Crippen LogP contribution is 2.36. The van der Waals surface area contributed by atoms with Gasteiger partial charge in [0.2, 0.25) is 11.8 Å². The van der Waals surface area contributed by atoms with Gasteiger partial charge in [0.05, 0.1) is 36.5 Å². The molecule has 0 aromatic heterocycles. The summed E-state index contributed by atoms with van der Waals surface area (Å²) in [4.78, 5) is 25.7. The number of hydrogen-bond donors (Lipinski definition) is 2. The molecule has 0 spiro atoms. The normalized spacial score (nSPS) is 11.3. The third-order valence-electron chi connectivity index (χ3n) is 3.76. The Morgan fingerprint density at radius 3 is 2.31 bits per heavy atom. The predicted molar refractivity (Wildman–Crippen MR) is 104 cm³/mol. The Kier molecular flexibility index (Phi) is 7.46. The molecule has 0 aliphatic carbocycles. The Hall–Kier alpha value is -2.78. The van der Waals surface area contributed by atoms with Crippen molar-refractivity contribution >= 4 is 34.8 Å². The van der Waals surface area contributed by atoms with Crippen LogP contribution in [0.4, 0.5) is 24.5 Å². The first-order valence-corrected chi connectivity index (χ1v) is 8.76. The van der Waals surface area contributed by atoms with Crippen LogP contribution in [0.25, 0.3) is 0 Å². The van der Waals surface area contributed by atoms with Crippen LogP contribution in [0.5, 0.6) is 5.75 Å². The monoisotopic (exact) mass is 429 g/mol. The molecule has 2 N–H and O–H groups in total. The number of likely N-dealkylation sites (N-methyl/N-ethyl adjacent to an activating group) is 1. The molecule has 0 heterocycles. The van der Waals surface area contributed by atoms with Gasteiger partial charge in [-0.05, 0) is 37.4 Å². The SMILES string of the molecule is COc1ccccc1NC(=O)CN(C)CC(=O)Nc1ccc(Cl)c(C(F)(F)F)c1. The fourth-order valence-electron chi connectivity index (χ4n) is 2.50. The minimum Gasteiger partial charge on any atom is -0.495 e. The van der Waals surface area contributed by atoms with E-state index in [-0.39, 0.29) is 24.7 Å². The van der Waals surface area contributed by atoms with E-state index < -0.39 is 22.7 Å². The van der Waals surface area contributed by atoms with Gasteiger partial charge in [0, 0.05) is 5.69 Å². The number of ether oxygens (including phenoxy) is 1. The van der Waals surface area contributed by atoms with Crippen LogP contribution < -0.4 is 15.4 Å². The number of rotatable bonds is 7. The zero-order chi connectivity index (χ0) is 21.6. The molecular weight excluding hydrogens is 411 g/mol. The van der Waals surface area contributed by atoms with Crippen molar-refractivity contribution in [1.82, 2.24) is 4.90 Å². The van der Waals surface area contributed by atoms with Crippen molar-refractivity contribution in [2.75, 3.05) is 37.9 Å². The van der Waals surface area contributed by atoms with E-state index in [1.54, 1.807) is 24.3 Å². The van der Waals surface area contributed by atoms with Crippen LogP contribution >= 0.6 is 11.6 Å². The van der Waals surface area contributed by atoms with Crippen molar-refractivity contribution in [1.29, 1.82) is 0 Å². The molecule has 156 valence electrons. The van der Waals surface area contributed by atoms with E-state index >= 15 is 0 Å². The summed E-state index contributed by atoms with van der Waals surface area (Å²) in [6, 6.07) is 9.93. The van der Waals surface area contributed by atoms with Crippen molar-refractivity contribution in [3.8, 4) is 5.75 Å². The molecule has 2 amide bonds. The molecule has 0 saturated carbocycles. The lowest BCUT2D eigenvalue weighted by Gasteiger charge is -2.17. The zero-order valence-electron chi connectivity index (χ0n) is 15.6. The highest BCUT2D eigenvalue weighted by Gasteiger charge is 2.33. The van der Waals surface area contributed by atoms with Crippen LogP contribution in [0.15, 0.2) is 42.5 Å². The molecule has 2 aromatic carbocycles. The number of benzene rings is 2. The Balaban J connectivity index is 1.91. The van der Waals surface area contributed by atoms with Crippen molar-refractivity contribution in [2.24, 2.45) is 0 Å². The molecule has 0 bridgehead atoms. The summed E-state index contributed by atoms with van der Waals surface area (Å²) in [6.07, 6.45) is -4.63. The zero-order valence-corrected chi connectivity index (χ0v) is 16.4. The number of amides is 2. The fraction of sp³-hybridized carbons (Fsp3) is 0.263. The van der Waals surface area contributed by atoms with E-state index in [1.807, 2.05) is 0 Å². The quantitative estimate of drug-likeness (QED) is 0.701. The Labute approximate surface area is 170 Å². The molecule has 0 aliphatic rings. The first-order chi connectivity index (χ1) is 13.6. The van der Waals surface area contributed by atoms with Gasteiger partial charge in [-0.15, -0.1) is 0 Å². The fourth-order valence-corrected chi connectivity index (χ4v) is 2.73. The van der Waals surface area contributed by atoms with Gasteiger partial charge >= 0.3 is 6.18 Å². The molecule has 0 fully saturated rings. The maximum Gasteiger partial charge on any atom is 0.417 e. The number of anilines is 2. The molecule has 0 unspecified atom stereocenters. The number of nitrogens with zero attached hydrogens (tertiary/aromatic N) is 1. The van der Waals surface area contributed by atoms with Crippen LogP contribution in [0.3, 0.4) is 0 Å². The number of para-hydroxylation sites is 2. The molecule has 10 heteroatoms. The van der Waals surface area contributed by atoms with Gasteiger partial charge in [-0.2, -0.15) is 13.2 Å². The summed E-state index contributed by atoms with van der Waals surface area (Å²) in [5.41, 5.74) is -0.598. The molecule has 0 radical (unpaired) electrons. The van der Waals surface area contributed by atoms with Crippen molar-refractivity contribution in [3.63, 3.8) is 0 Å². The average molecular weight is 430 g/mol. The van der Waals surface area contributed by atoms with E-state index in [2.05, 4.69) is 10.6 Å². The van der Waals surface area contributed by atoms with Crippen LogP contribution in [-0.2, 0) is 15.8 Å². The van der Waals surface area contributed by atoms with Crippen molar-refractivity contribution < 1.29 is 27.5 Å². The topological polar surface area (TPSA) is 70.7 Å². The van der Waals surface area contributed by atoms with Gasteiger partial charge in [0.15, 0.2) is 0 Å². The lowest BCUT2D eigenvalue weighted by molar-refractivity contribution is -0.137. The van der Waals surface area contributed by atoms with Gasteiger partial charge < -0.3 is 15.4 Å². The molecule has 2 aromatic rings. The molecular formula is C19H19ClF3N3O3. The van der Waals surface area contributed by atoms with Gasteiger partial charge in [-0.25, -0.2) is 0 Å². The molecule has 6 nitrogen and oxygen atoms in total. The Morgan fingerprint density at radius 1 is 1.07 bits per heavy atom. The Morgan fingerprint density at radius 2 is 1.69 bits per heavy atom. The number of hydrogen-bond acceptors (Lipinski definition) is 4. The summed E-state index contributed by atoms with van der Waals surface area (Å²) in [7, 11) is 3.01. The number of carbonyl (C=O) groups is 2. The van der Waals surface area contributed by atoms with Crippen LogP contribution in [0, 0.1) is 0 Å². The molecule has 0 atom stereocenters. The second-order valence-corrected chi connectivity index (χ2v) is 6.57.